The van der Waals surface area contributed by atoms with E-state index in [1.165, 1.54) is 11.3 Å². The number of thiazole rings is 1. The molecule has 0 spiro atoms. The molecule has 1 aromatic heterocycles. The molecule has 0 unspecified atom stereocenters. The summed E-state index contributed by atoms with van der Waals surface area (Å²) in [5.74, 6) is 0.843. The average molecular weight is 758 g/mol. The second-order valence-electron chi connectivity index (χ2n) is 11.7. The minimum atomic E-state index is -0.751. The van der Waals surface area contributed by atoms with Gasteiger partial charge in [0.15, 0.2) is 16.3 Å². The Bertz CT molecular complexity index is 2210. The molecule has 0 radical (unpaired) electrons. The maximum absolute atomic E-state index is 14.4. The van der Waals surface area contributed by atoms with Gasteiger partial charge in [-0.2, -0.15) is 0 Å². The second-order valence-corrected chi connectivity index (χ2v) is 14.0. The zero-order valence-electron chi connectivity index (χ0n) is 27.4. The van der Waals surface area contributed by atoms with Crippen LogP contribution in [0.2, 0.25) is 5.02 Å². The van der Waals surface area contributed by atoms with Gasteiger partial charge in [0, 0.05) is 10.6 Å². The summed E-state index contributed by atoms with van der Waals surface area (Å²) >= 11 is 10.9. The Hall–Kier alpha value is -4.44. The Balaban J connectivity index is 1.49. The minimum Gasteiger partial charge on any atom is -0.493 e. The van der Waals surface area contributed by atoms with Crippen molar-refractivity contribution in [3.05, 3.63) is 154 Å². The molecule has 5 aromatic rings. The summed E-state index contributed by atoms with van der Waals surface area (Å²) < 4.78 is 20.1. The molecule has 0 saturated carbocycles. The van der Waals surface area contributed by atoms with Crippen LogP contribution in [0.25, 0.3) is 11.8 Å². The third kappa shape index (κ3) is 7.29. The van der Waals surface area contributed by atoms with Crippen LogP contribution in [0.5, 0.6) is 11.5 Å². The van der Waals surface area contributed by atoms with Crippen molar-refractivity contribution in [2.24, 2.45) is 4.99 Å². The number of halogens is 2. The van der Waals surface area contributed by atoms with Crippen LogP contribution in [-0.2, 0) is 16.1 Å². The molecule has 10 heteroatoms. The summed E-state index contributed by atoms with van der Waals surface area (Å²) in [5, 5.41) is 0.654. The molecule has 2 heterocycles. The first kappa shape index (κ1) is 34.4. The monoisotopic (exact) mass is 756 g/mol. The van der Waals surface area contributed by atoms with Crippen molar-refractivity contribution >= 4 is 56.6 Å². The van der Waals surface area contributed by atoms with Gasteiger partial charge in [-0.1, -0.05) is 104 Å². The number of methoxy groups -OCH3 is 1. The lowest BCUT2D eigenvalue weighted by molar-refractivity contribution is -0.138. The molecule has 0 amide bonds. The molecule has 1 aliphatic rings. The Morgan fingerprint density at radius 3 is 2.41 bits per heavy atom. The van der Waals surface area contributed by atoms with Crippen LogP contribution in [0.1, 0.15) is 60.5 Å². The molecule has 6 rings (SSSR count). The first-order valence-corrected chi connectivity index (χ1v) is 17.8. The maximum atomic E-state index is 14.4. The van der Waals surface area contributed by atoms with Gasteiger partial charge in [0.05, 0.1) is 40.0 Å². The van der Waals surface area contributed by atoms with Gasteiger partial charge in [0.1, 0.15) is 6.61 Å². The summed E-state index contributed by atoms with van der Waals surface area (Å²) in [6.45, 7) is 6.52. The van der Waals surface area contributed by atoms with Crippen LogP contribution in [0.3, 0.4) is 0 Å². The molecule has 0 saturated heterocycles. The highest BCUT2D eigenvalue weighted by Crippen LogP contribution is 2.38. The number of esters is 1. The molecule has 0 fully saturated rings. The van der Waals surface area contributed by atoms with E-state index < -0.39 is 12.0 Å². The SMILES string of the molecule is CCOC(=O)C1=C(c2ccccc2)N=c2s/c(=C\c3cc(Br)c(OCc4ccc(Cl)cc4)c(OC)c3)c(=O)n2[C@@H]1c1ccc(C(C)C)cc1. The fraction of sp³-hybridized carbons (Fsp3) is 0.205. The predicted octanol–water partition coefficient (Wildman–Crippen LogP) is 8.06. The lowest BCUT2D eigenvalue weighted by atomic mass is 9.91. The molecule has 49 heavy (non-hydrogen) atoms. The zero-order valence-corrected chi connectivity index (χ0v) is 30.6. The van der Waals surface area contributed by atoms with E-state index in [0.717, 1.165) is 27.8 Å². The van der Waals surface area contributed by atoms with Crippen LogP contribution in [0, 0.1) is 0 Å². The summed E-state index contributed by atoms with van der Waals surface area (Å²) in [7, 11) is 1.57. The van der Waals surface area contributed by atoms with Crippen molar-refractivity contribution in [3.8, 4) is 11.5 Å². The maximum Gasteiger partial charge on any atom is 0.338 e. The van der Waals surface area contributed by atoms with E-state index in [-0.39, 0.29) is 12.2 Å². The van der Waals surface area contributed by atoms with E-state index in [9.17, 15) is 9.59 Å². The van der Waals surface area contributed by atoms with Crippen molar-refractivity contribution in [3.63, 3.8) is 0 Å². The zero-order chi connectivity index (χ0) is 34.7. The second kappa shape index (κ2) is 15.0. The number of rotatable bonds is 10. The molecule has 1 aliphatic heterocycles. The molecular formula is C39H34BrClN2O5S. The highest BCUT2D eigenvalue weighted by molar-refractivity contribution is 9.10. The van der Waals surface area contributed by atoms with Crippen LogP contribution in [-0.4, -0.2) is 24.3 Å². The topological polar surface area (TPSA) is 79.1 Å². The average Bonchev–Trinajstić information content (AvgIpc) is 3.41. The lowest BCUT2D eigenvalue weighted by Gasteiger charge is -2.26. The van der Waals surface area contributed by atoms with Gasteiger partial charge in [-0.25, -0.2) is 9.79 Å². The van der Waals surface area contributed by atoms with Gasteiger partial charge in [-0.3, -0.25) is 9.36 Å². The smallest absolute Gasteiger partial charge is 0.338 e. The van der Waals surface area contributed by atoms with Crippen molar-refractivity contribution in [1.29, 1.82) is 0 Å². The highest BCUT2D eigenvalue weighted by atomic mass is 79.9. The molecule has 1 atom stereocenters. The van der Waals surface area contributed by atoms with E-state index in [4.69, 9.17) is 30.8 Å². The normalized spacial score (nSPS) is 14.4. The van der Waals surface area contributed by atoms with E-state index in [0.29, 0.717) is 54.1 Å². The quantitative estimate of drug-likeness (QED) is 0.135. The number of hydrogen-bond donors (Lipinski definition) is 0. The van der Waals surface area contributed by atoms with Crippen molar-refractivity contribution in [2.45, 2.75) is 39.3 Å². The summed E-state index contributed by atoms with van der Waals surface area (Å²) in [6.07, 6.45) is 1.80. The van der Waals surface area contributed by atoms with Crippen LogP contribution in [0.15, 0.2) is 111 Å². The number of carbonyl (C=O) groups excluding carboxylic acids is 1. The van der Waals surface area contributed by atoms with Crippen LogP contribution < -0.4 is 24.4 Å². The number of ether oxygens (including phenoxy) is 3. The van der Waals surface area contributed by atoms with E-state index in [2.05, 4.69) is 29.8 Å². The number of fused-ring (bicyclic) bond motifs is 1. The predicted molar refractivity (Wildman–Crippen MR) is 198 cm³/mol. The lowest BCUT2D eigenvalue weighted by Crippen LogP contribution is -2.40. The number of aromatic nitrogens is 1. The summed E-state index contributed by atoms with van der Waals surface area (Å²) in [5.41, 5.74) is 4.90. The largest absolute Gasteiger partial charge is 0.493 e. The van der Waals surface area contributed by atoms with E-state index in [1.807, 2.05) is 91.0 Å². The van der Waals surface area contributed by atoms with Crippen molar-refractivity contribution in [1.82, 2.24) is 4.57 Å². The third-order valence-corrected chi connectivity index (χ3v) is 9.96. The minimum absolute atomic E-state index is 0.184. The molecule has 250 valence electrons. The molecule has 7 nitrogen and oxygen atoms in total. The number of benzene rings is 4. The Morgan fingerprint density at radius 1 is 1.04 bits per heavy atom. The van der Waals surface area contributed by atoms with Gasteiger partial charge < -0.3 is 14.2 Å². The first-order chi connectivity index (χ1) is 23.7. The first-order valence-electron chi connectivity index (χ1n) is 15.8. The van der Waals surface area contributed by atoms with Crippen LogP contribution in [0.4, 0.5) is 0 Å². The summed E-state index contributed by atoms with van der Waals surface area (Å²) in [4.78, 5) is 33.6. The van der Waals surface area contributed by atoms with E-state index in [1.54, 1.807) is 24.7 Å². The van der Waals surface area contributed by atoms with Gasteiger partial charge in [0.2, 0.25) is 0 Å². The van der Waals surface area contributed by atoms with Crippen molar-refractivity contribution < 1.29 is 19.0 Å². The molecule has 0 bridgehead atoms. The number of nitrogens with zero attached hydrogens (tertiary/aromatic N) is 2. The van der Waals surface area contributed by atoms with Crippen LogP contribution >= 0.6 is 38.9 Å². The summed E-state index contributed by atoms with van der Waals surface area (Å²) in [6, 6.07) is 28.0. The number of hydrogen-bond acceptors (Lipinski definition) is 7. The standard InChI is InChI=1S/C39H34BrClN2O5S/c1-5-47-38(45)33-34(27-9-7-6-8-10-27)42-39-43(35(33)28-15-13-26(14-16-28)23(2)3)37(44)32(49-39)21-25-19-30(40)36(31(20-25)46-4)48-22-24-11-17-29(41)18-12-24/h6-21,23,35H,5,22H2,1-4H3/b32-21-/t35-/m1/s1. The molecular weight excluding hydrogens is 724 g/mol. The highest BCUT2D eigenvalue weighted by Gasteiger charge is 2.35. The van der Waals surface area contributed by atoms with Gasteiger partial charge in [-0.05, 0) is 81.4 Å². The van der Waals surface area contributed by atoms with Gasteiger partial charge in [0.25, 0.3) is 5.56 Å². The Labute approximate surface area is 301 Å². The molecule has 4 aromatic carbocycles. The Morgan fingerprint density at radius 2 is 1.76 bits per heavy atom. The Kier molecular flexibility index (Phi) is 10.5. The van der Waals surface area contributed by atoms with Crippen molar-refractivity contribution in [2.75, 3.05) is 13.7 Å². The van der Waals surface area contributed by atoms with Gasteiger partial charge >= 0.3 is 5.97 Å². The fourth-order valence-electron chi connectivity index (χ4n) is 5.67. The third-order valence-electron chi connectivity index (χ3n) is 8.14. The van der Waals surface area contributed by atoms with Gasteiger partial charge in [-0.15, -0.1) is 0 Å². The molecule has 0 aliphatic carbocycles. The number of carbonyl (C=O) groups is 1. The molecule has 0 N–H and O–H groups in total. The van der Waals surface area contributed by atoms with E-state index >= 15 is 0 Å². The fourth-order valence-corrected chi connectivity index (χ4v) is 7.37.